The van der Waals surface area contributed by atoms with E-state index in [0.717, 1.165) is 30.4 Å². The zero-order valence-corrected chi connectivity index (χ0v) is 28.9. The molecule has 1 aliphatic carbocycles. The summed E-state index contributed by atoms with van der Waals surface area (Å²) in [6.07, 6.45) is 7.81. The molecule has 10 nitrogen and oxygen atoms in total. The maximum atomic E-state index is 13.0. The van der Waals surface area contributed by atoms with Gasteiger partial charge < -0.3 is 41.4 Å². The molecular weight excluding hydrogens is 594 g/mol. The van der Waals surface area contributed by atoms with Gasteiger partial charge in [-0.05, 0) is 79.4 Å². The molecule has 0 spiro atoms. The molecule has 0 aromatic carbocycles. The maximum Gasteiger partial charge on any atom is 0.333 e. The van der Waals surface area contributed by atoms with Gasteiger partial charge in [-0.1, -0.05) is 47.1 Å². The Hall–Kier alpha value is -2.11. The molecule has 6 aliphatic rings. The number of fused-ring (bicyclic) bond motifs is 8. The number of aromatic nitrogens is 1. The quantitative estimate of drug-likeness (QED) is 0.231. The van der Waals surface area contributed by atoms with E-state index in [0.29, 0.717) is 72.1 Å². The van der Waals surface area contributed by atoms with E-state index in [1.54, 1.807) is 0 Å². The van der Waals surface area contributed by atoms with Gasteiger partial charge in [-0.15, -0.1) is 11.3 Å². The molecule has 262 valence electrons. The highest BCUT2D eigenvalue weighted by molar-refractivity contribution is 5.70. The smallest absolute Gasteiger partial charge is 0.333 e. The Labute approximate surface area is 280 Å². The van der Waals surface area contributed by atoms with Crippen molar-refractivity contribution in [2.24, 2.45) is 53.3 Å². The van der Waals surface area contributed by atoms with Gasteiger partial charge in [-0.2, -0.15) is 0 Å². The first kappa shape index (κ1) is 33.4. The number of hydrogen-bond donors (Lipinski definition) is 7. The predicted molar refractivity (Wildman–Crippen MR) is 180 cm³/mol. The lowest BCUT2D eigenvalue weighted by atomic mass is 9.76. The van der Waals surface area contributed by atoms with Crippen molar-refractivity contribution in [1.29, 1.82) is 0 Å². The minimum atomic E-state index is -0.485. The first-order valence-corrected chi connectivity index (χ1v) is 18.7. The van der Waals surface area contributed by atoms with Crippen LogP contribution in [0.3, 0.4) is 0 Å². The zero-order chi connectivity index (χ0) is 33.3. The van der Waals surface area contributed by atoms with Gasteiger partial charge in [0.15, 0.2) is 0 Å². The summed E-state index contributed by atoms with van der Waals surface area (Å²) in [6.45, 7) is 16.2. The standard InChI is InChI=1S/C37H59N5O5/c1-7-21-17(3)25-14-27-19(5)23(9-12-34(46)47-42-32(44)10-11-33(42)45)36(40-27)24-13-31(43)35-20(6)28(41-37(24)35)16-30-22(8-2)18(4)26(39-30)15-29(21)38-25/h7,10-11,17-31,35-41,43-45H,1,8-9,12-16H2,2-6H3. The fraction of sp³-hybridized carbons (Fsp3) is 0.811. The Balaban J connectivity index is 1.18. The third-order valence-corrected chi connectivity index (χ3v) is 14.5. The third-order valence-electron chi connectivity index (χ3n) is 14.5. The molecule has 18 atom stereocenters. The van der Waals surface area contributed by atoms with Crippen LogP contribution in [0.25, 0.3) is 0 Å². The fourth-order valence-electron chi connectivity index (χ4n) is 11.9. The van der Waals surface area contributed by atoms with E-state index in [2.05, 4.69) is 68.5 Å². The van der Waals surface area contributed by atoms with Crippen molar-refractivity contribution in [3.63, 3.8) is 0 Å². The van der Waals surface area contributed by atoms with Gasteiger partial charge in [0.2, 0.25) is 11.8 Å². The van der Waals surface area contributed by atoms with Crippen molar-refractivity contribution >= 4 is 5.97 Å². The highest BCUT2D eigenvalue weighted by Crippen LogP contribution is 2.50. The van der Waals surface area contributed by atoms with E-state index in [4.69, 9.17) is 4.84 Å². The summed E-state index contributed by atoms with van der Waals surface area (Å²) < 4.78 is 0.776. The number of hydrogen-bond acceptors (Lipinski definition) is 9. The maximum absolute atomic E-state index is 13.0. The number of carbonyl (C=O) groups excluding carboxylic acids is 1. The lowest BCUT2D eigenvalue weighted by Gasteiger charge is -2.32. The number of nitrogens with zero attached hydrogens (tertiary/aromatic N) is 1. The van der Waals surface area contributed by atoms with Crippen molar-refractivity contribution in [2.75, 3.05) is 0 Å². The van der Waals surface area contributed by atoms with Crippen LogP contribution in [0.15, 0.2) is 24.8 Å². The SMILES string of the molecule is C=CC1C2CC3NC(CC4NC5C(CC(O)C5C4C)C4NC(CC(N2)C1C)C(C)C4CCC(=O)On1c(O)ccc1O)C(CC)C3C. The van der Waals surface area contributed by atoms with Gasteiger partial charge in [0.25, 0.3) is 0 Å². The molecule has 7 N–H and O–H groups in total. The molecule has 18 unspecified atom stereocenters. The fourth-order valence-corrected chi connectivity index (χ4v) is 11.9. The summed E-state index contributed by atoms with van der Waals surface area (Å²) in [5, 5.41) is 48.1. The normalized spacial score (nSPS) is 49.0. The zero-order valence-electron chi connectivity index (χ0n) is 28.9. The molecule has 0 amide bonds. The van der Waals surface area contributed by atoms with Gasteiger partial charge in [-0.3, -0.25) is 0 Å². The summed E-state index contributed by atoms with van der Waals surface area (Å²) >= 11 is 0. The Bertz CT molecular complexity index is 1290. The molecule has 5 saturated heterocycles. The number of aliphatic hydroxyl groups excluding tert-OH is 1. The minimum Gasteiger partial charge on any atom is -0.492 e. The van der Waals surface area contributed by atoms with E-state index in [-0.39, 0.29) is 60.2 Å². The molecule has 1 aromatic rings. The highest BCUT2D eigenvalue weighted by atomic mass is 16.7. The first-order chi connectivity index (χ1) is 22.5. The summed E-state index contributed by atoms with van der Waals surface area (Å²) in [7, 11) is 0. The summed E-state index contributed by atoms with van der Waals surface area (Å²) in [5.74, 6) is 2.45. The van der Waals surface area contributed by atoms with Crippen molar-refractivity contribution in [2.45, 2.75) is 134 Å². The van der Waals surface area contributed by atoms with Crippen molar-refractivity contribution in [3.8, 4) is 11.8 Å². The number of rotatable bonds is 6. The predicted octanol–water partition coefficient (Wildman–Crippen LogP) is 3.17. The molecule has 0 radical (unpaired) electrons. The molecule has 1 aromatic heterocycles. The Morgan fingerprint density at radius 1 is 0.830 bits per heavy atom. The van der Waals surface area contributed by atoms with Gasteiger partial charge in [-0.25, -0.2) is 4.79 Å². The van der Waals surface area contributed by atoms with E-state index in [9.17, 15) is 20.1 Å². The molecule has 6 fully saturated rings. The molecule has 8 bridgehead atoms. The van der Waals surface area contributed by atoms with Crippen molar-refractivity contribution < 1.29 is 25.0 Å². The van der Waals surface area contributed by atoms with Gasteiger partial charge in [0, 0.05) is 72.8 Å². The van der Waals surface area contributed by atoms with E-state index in [1.165, 1.54) is 18.6 Å². The van der Waals surface area contributed by atoms with Crippen LogP contribution in [0.1, 0.15) is 79.6 Å². The van der Waals surface area contributed by atoms with E-state index in [1.807, 2.05) is 0 Å². The number of aromatic hydroxyl groups is 2. The van der Waals surface area contributed by atoms with E-state index < -0.39 is 5.97 Å². The average molecular weight is 654 g/mol. The highest BCUT2D eigenvalue weighted by Gasteiger charge is 2.58. The third kappa shape index (κ3) is 5.73. The van der Waals surface area contributed by atoms with Crippen LogP contribution in [-0.4, -0.2) is 80.5 Å². The summed E-state index contributed by atoms with van der Waals surface area (Å²) in [4.78, 5) is 18.4. The first-order valence-electron chi connectivity index (χ1n) is 18.7. The average Bonchev–Trinajstić information content (AvgIpc) is 3.84. The van der Waals surface area contributed by atoms with Gasteiger partial charge in [0.1, 0.15) is 0 Å². The molecule has 5 aliphatic heterocycles. The molecule has 10 heteroatoms. The largest absolute Gasteiger partial charge is 0.492 e. The van der Waals surface area contributed by atoms with Crippen LogP contribution in [-0.2, 0) is 4.79 Å². The monoisotopic (exact) mass is 653 g/mol. The molecule has 1 saturated carbocycles. The van der Waals surface area contributed by atoms with Crippen molar-refractivity contribution in [3.05, 3.63) is 24.8 Å². The summed E-state index contributed by atoms with van der Waals surface area (Å²) in [5.41, 5.74) is 0. The Morgan fingerprint density at radius 3 is 2.11 bits per heavy atom. The second kappa shape index (κ2) is 13.0. The van der Waals surface area contributed by atoms with Crippen LogP contribution in [0.2, 0.25) is 0 Å². The van der Waals surface area contributed by atoms with Crippen LogP contribution < -0.4 is 26.1 Å². The summed E-state index contributed by atoms with van der Waals surface area (Å²) in [6, 6.07) is 5.32. The van der Waals surface area contributed by atoms with Crippen LogP contribution in [0, 0.1) is 53.3 Å². The molecular formula is C37H59N5O5. The Morgan fingerprint density at radius 2 is 1.40 bits per heavy atom. The van der Waals surface area contributed by atoms with Gasteiger partial charge >= 0.3 is 5.97 Å². The molecule has 7 rings (SSSR count). The molecule has 6 heterocycles. The van der Waals surface area contributed by atoms with Crippen molar-refractivity contribution in [1.82, 2.24) is 26.0 Å². The minimum absolute atomic E-state index is 0.160. The van der Waals surface area contributed by atoms with E-state index >= 15 is 0 Å². The second-order valence-corrected chi connectivity index (χ2v) is 16.4. The van der Waals surface area contributed by atoms with Crippen LogP contribution in [0.5, 0.6) is 11.8 Å². The Kier molecular flexibility index (Phi) is 9.22. The lowest BCUT2D eigenvalue weighted by Crippen LogP contribution is -2.48. The van der Waals surface area contributed by atoms with Crippen LogP contribution >= 0.6 is 0 Å². The van der Waals surface area contributed by atoms with Gasteiger partial charge in [0.05, 0.1) is 6.10 Å². The van der Waals surface area contributed by atoms with Crippen LogP contribution in [0.4, 0.5) is 0 Å². The topological polar surface area (TPSA) is 140 Å². The number of aliphatic hydroxyl groups is 1. The number of carbonyl (C=O) groups is 1. The number of nitrogens with one attached hydrogen (secondary N) is 4. The lowest BCUT2D eigenvalue weighted by molar-refractivity contribution is -0.145. The molecule has 47 heavy (non-hydrogen) atoms. The second-order valence-electron chi connectivity index (χ2n) is 16.4.